The minimum Gasteiger partial charge on any atom is -0.324 e. The van der Waals surface area contributed by atoms with Crippen molar-refractivity contribution in [3.63, 3.8) is 0 Å². The van der Waals surface area contributed by atoms with Crippen LogP contribution >= 0.6 is 0 Å². The predicted molar refractivity (Wildman–Crippen MR) is 58.3 cm³/mol. The summed E-state index contributed by atoms with van der Waals surface area (Å²) in [6.45, 7) is 0. The van der Waals surface area contributed by atoms with Crippen LogP contribution < -0.4 is 5.73 Å². The zero-order valence-electron chi connectivity index (χ0n) is 8.55. The summed E-state index contributed by atoms with van der Waals surface area (Å²) in [5, 5.41) is 0. The molecular weight excluding hydrogens is 170 g/mol. The van der Waals surface area contributed by atoms with Crippen molar-refractivity contribution in [2.75, 3.05) is 0 Å². The molecule has 0 aliphatic heterocycles. The van der Waals surface area contributed by atoms with Gasteiger partial charge in [0.1, 0.15) is 0 Å². The first kappa shape index (κ1) is 8.49. The molecular formula is C13H17N. The summed E-state index contributed by atoms with van der Waals surface area (Å²) in [6.07, 6.45) is 7.58. The van der Waals surface area contributed by atoms with E-state index in [2.05, 4.69) is 12.1 Å². The van der Waals surface area contributed by atoms with Crippen molar-refractivity contribution in [2.45, 2.75) is 44.6 Å². The highest BCUT2D eigenvalue weighted by Gasteiger charge is 2.24. The number of nitrogens with two attached hydrogens (primary N) is 1. The van der Waals surface area contributed by atoms with Crippen LogP contribution in [0.5, 0.6) is 0 Å². The lowest BCUT2D eigenvalue weighted by atomic mass is 9.84. The molecule has 74 valence electrons. The maximum atomic E-state index is 6.22. The number of aryl methyl sites for hydroxylation is 2. The summed E-state index contributed by atoms with van der Waals surface area (Å²) in [7, 11) is 0. The second-order valence-corrected chi connectivity index (χ2v) is 4.63. The van der Waals surface area contributed by atoms with E-state index in [-0.39, 0.29) is 0 Å². The largest absolute Gasteiger partial charge is 0.324 e. The van der Waals surface area contributed by atoms with E-state index in [1.54, 1.807) is 11.1 Å². The molecule has 1 aromatic rings. The SMILES string of the molecule is N[C@@H]1CCCc2ccc3c(c21)CCC3. The summed E-state index contributed by atoms with van der Waals surface area (Å²) in [5.41, 5.74) is 12.4. The average Bonchev–Trinajstić information content (AvgIpc) is 2.65. The third kappa shape index (κ3) is 1.12. The molecule has 0 bridgehead atoms. The first-order chi connectivity index (χ1) is 6.86. The predicted octanol–water partition coefficient (Wildman–Crippen LogP) is 2.51. The first-order valence-corrected chi connectivity index (χ1v) is 5.75. The van der Waals surface area contributed by atoms with Gasteiger partial charge in [0.25, 0.3) is 0 Å². The summed E-state index contributed by atoms with van der Waals surface area (Å²) in [6, 6.07) is 4.98. The van der Waals surface area contributed by atoms with E-state index >= 15 is 0 Å². The lowest BCUT2D eigenvalue weighted by Crippen LogP contribution is -2.19. The molecule has 1 aromatic carbocycles. The molecule has 0 saturated carbocycles. The fourth-order valence-electron chi connectivity index (χ4n) is 3.08. The number of hydrogen-bond acceptors (Lipinski definition) is 1. The molecule has 0 amide bonds. The maximum Gasteiger partial charge on any atom is 0.0300 e. The number of rotatable bonds is 0. The molecule has 1 atom stereocenters. The van der Waals surface area contributed by atoms with Gasteiger partial charge in [-0.3, -0.25) is 0 Å². The third-order valence-corrected chi connectivity index (χ3v) is 3.75. The summed E-state index contributed by atoms with van der Waals surface area (Å²) >= 11 is 0. The first-order valence-electron chi connectivity index (χ1n) is 5.75. The molecule has 0 spiro atoms. The van der Waals surface area contributed by atoms with Crippen LogP contribution in [0.3, 0.4) is 0 Å². The van der Waals surface area contributed by atoms with E-state index in [0.29, 0.717) is 6.04 Å². The Balaban J connectivity index is 2.19. The van der Waals surface area contributed by atoms with E-state index in [4.69, 9.17) is 5.73 Å². The molecule has 0 radical (unpaired) electrons. The van der Waals surface area contributed by atoms with E-state index in [9.17, 15) is 0 Å². The van der Waals surface area contributed by atoms with E-state index in [1.807, 2.05) is 0 Å². The Morgan fingerprint density at radius 1 is 1.00 bits per heavy atom. The number of benzene rings is 1. The third-order valence-electron chi connectivity index (χ3n) is 3.75. The van der Waals surface area contributed by atoms with Crippen molar-refractivity contribution in [1.29, 1.82) is 0 Å². The van der Waals surface area contributed by atoms with Crippen LogP contribution in [0, 0.1) is 0 Å². The second-order valence-electron chi connectivity index (χ2n) is 4.63. The van der Waals surface area contributed by atoms with Gasteiger partial charge in [0.05, 0.1) is 0 Å². The fourth-order valence-corrected chi connectivity index (χ4v) is 3.08. The highest BCUT2D eigenvalue weighted by Crippen LogP contribution is 2.36. The molecule has 0 unspecified atom stereocenters. The minimum atomic E-state index is 0.326. The molecule has 1 nitrogen and oxygen atoms in total. The lowest BCUT2D eigenvalue weighted by molar-refractivity contribution is 0.565. The van der Waals surface area contributed by atoms with Crippen molar-refractivity contribution in [2.24, 2.45) is 5.73 Å². The number of fused-ring (bicyclic) bond motifs is 3. The standard InChI is InChI=1S/C13H17N/c14-12-6-2-4-10-8-7-9-3-1-5-11(9)13(10)12/h7-8,12H,1-6,14H2/t12-/m1/s1. The monoisotopic (exact) mass is 187 g/mol. The van der Waals surface area contributed by atoms with Gasteiger partial charge < -0.3 is 5.73 Å². The summed E-state index contributed by atoms with van der Waals surface area (Å²) < 4.78 is 0. The van der Waals surface area contributed by atoms with Crippen LogP contribution in [0.1, 0.15) is 47.6 Å². The highest BCUT2D eigenvalue weighted by atomic mass is 14.6. The van der Waals surface area contributed by atoms with Crippen LogP contribution in [0.4, 0.5) is 0 Å². The van der Waals surface area contributed by atoms with Gasteiger partial charge in [0.2, 0.25) is 0 Å². The fraction of sp³-hybridized carbons (Fsp3) is 0.538. The van der Waals surface area contributed by atoms with Crippen molar-refractivity contribution >= 4 is 0 Å². The summed E-state index contributed by atoms with van der Waals surface area (Å²) in [4.78, 5) is 0. The van der Waals surface area contributed by atoms with Gasteiger partial charge in [-0.1, -0.05) is 12.1 Å². The zero-order valence-corrected chi connectivity index (χ0v) is 8.55. The minimum absolute atomic E-state index is 0.326. The summed E-state index contributed by atoms with van der Waals surface area (Å²) in [5.74, 6) is 0. The molecule has 0 saturated heterocycles. The Kier molecular flexibility index (Phi) is 1.88. The average molecular weight is 187 g/mol. The quantitative estimate of drug-likeness (QED) is 0.663. The van der Waals surface area contributed by atoms with Gasteiger partial charge in [-0.25, -0.2) is 0 Å². The van der Waals surface area contributed by atoms with Crippen LogP contribution in [-0.4, -0.2) is 0 Å². The van der Waals surface area contributed by atoms with E-state index in [1.165, 1.54) is 49.7 Å². The molecule has 3 rings (SSSR count). The molecule has 2 N–H and O–H groups in total. The van der Waals surface area contributed by atoms with E-state index in [0.717, 1.165) is 0 Å². The van der Waals surface area contributed by atoms with Crippen molar-refractivity contribution in [1.82, 2.24) is 0 Å². The van der Waals surface area contributed by atoms with Gasteiger partial charge in [-0.2, -0.15) is 0 Å². The topological polar surface area (TPSA) is 26.0 Å². The zero-order chi connectivity index (χ0) is 9.54. The molecule has 14 heavy (non-hydrogen) atoms. The smallest absolute Gasteiger partial charge is 0.0300 e. The molecule has 0 heterocycles. The second kappa shape index (κ2) is 3.09. The van der Waals surface area contributed by atoms with Gasteiger partial charge >= 0.3 is 0 Å². The van der Waals surface area contributed by atoms with Crippen LogP contribution in [0.2, 0.25) is 0 Å². The highest BCUT2D eigenvalue weighted by molar-refractivity contribution is 5.46. The van der Waals surface area contributed by atoms with Crippen LogP contribution in [0.15, 0.2) is 12.1 Å². The van der Waals surface area contributed by atoms with Crippen molar-refractivity contribution in [3.05, 3.63) is 34.4 Å². The Bertz CT molecular complexity index is 368. The van der Waals surface area contributed by atoms with Crippen molar-refractivity contribution in [3.8, 4) is 0 Å². The van der Waals surface area contributed by atoms with Gasteiger partial charge in [-0.05, 0) is 60.8 Å². The van der Waals surface area contributed by atoms with Gasteiger partial charge in [-0.15, -0.1) is 0 Å². The van der Waals surface area contributed by atoms with Crippen LogP contribution in [0.25, 0.3) is 0 Å². The molecule has 2 aliphatic carbocycles. The molecule has 1 heteroatoms. The van der Waals surface area contributed by atoms with Gasteiger partial charge in [0.15, 0.2) is 0 Å². The Morgan fingerprint density at radius 2 is 1.79 bits per heavy atom. The maximum absolute atomic E-state index is 6.22. The van der Waals surface area contributed by atoms with Crippen LogP contribution in [-0.2, 0) is 19.3 Å². The molecule has 0 aromatic heterocycles. The Morgan fingerprint density at radius 3 is 2.71 bits per heavy atom. The van der Waals surface area contributed by atoms with Gasteiger partial charge in [0, 0.05) is 6.04 Å². The molecule has 0 fully saturated rings. The number of hydrogen-bond donors (Lipinski definition) is 1. The lowest BCUT2D eigenvalue weighted by Gasteiger charge is -2.25. The van der Waals surface area contributed by atoms with Crippen molar-refractivity contribution < 1.29 is 0 Å². The Labute approximate surface area is 85.3 Å². The van der Waals surface area contributed by atoms with E-state index < -0.39 is 0 Å². The normalized spacial score (nSPS) is 24.5. The Hall–Kier alpha value is -0.820. The molecule has 2 aliphatic rings.